The number of rotatable bonds is 3. The molecule has 1 fully saturated rings. The molecular formula is C18H23N3O3. The SMILES string of the molecule is COC(=O)c1cc(N)c(-n2cc(C)nc2C2CCOCC2)cc1C. The summed E-state index contributed by atoms with van der Waals surface area (Å²) in [6, 6.07) is 3.60. The van der Waals surface area contributed by atoms with E-state index in [4.69, 9.17) is 20.2 Å². The predicted octanol–water partition coefficient (Wildman–Crippen LogP) is 2.75. The molecule has 6 nitrogen and oxygen atoms in total. The molecule has 1 saturated heterocycles. The van der Waals surface area contributed by atoms with Gasteiger partial charge in [-0.15, -0.1) is 0 Å². The summed E-state index contributed by atoms with van der Waals surface area (Å²) >= 11 is 0. The maximum absolute atomic E-state index is 11.8. The molecule has 1 aromatic heterocycles. The van der Waals surface area contributed by atoms with Crippen LogP contribution in [0.5, 0.6) is 0 Å². The molecule has 6 heteroatoms. The fourth-order valence-corrected chi connectivity index (χ4v) is 3.20. The zero-order valence-electron chi connectivity index (χ0n) is 14.3. The van der Waals surface area contributed by atoms with Gasteiger partial charge in [-0.2, -0.15) is 0 Å². The fourth-order valence-electron chi connectivity index (χ4n) is 3.20. The van der Waals surface area contributed by atoms with E-state index in [9.17, 15) is 4.79 Å². The highest BCUT2D eigenvalue weighted by atomic mass is 16.5. The van der Waals surface area contributed by atoms with Gasteiger partial charge in [0.25, 0.3) is 0 Å². The maximum atomic E-state index is 11.8. The van der Waals surface area contributed by atoms with Crippen LogP contribution in [0.1, 0.15) is 46.2 Å². The van der Waals surface area contributed by atoms with Gasteiger partial charge in [0, 0.05) is 25.3 Å². The maximum Gasteiger partial charge on any atom is 0.338 e. The number of aryl methyl sites for hydroxylation is 2. The largest absolute Gasteiger partial charge is 0.465 e. The molecule has 0 atom stereocenters. The minimum Gasteiger partial charge on any atom is -0.465 e. The fraction of sp³-hybridized carbons (Fsp3) is 0.444. The third-order valence-electron chi connectivity index (χ3n) is 4.48. The van der Waals surface area contributed by atoms with Crippen LogP contribution in [0.25, 0.3) is 5.69 Å². The Balaban J connectivity index is 2.06. The number of carbonyl (C=O) groups is 1. The summed E-state index contributed by atoms with van der Waals surface area (Å²) in [5.74, 6) is 0.984. The Bertz CT molecular complexity index is 761. The molecule has 0 radical (unpaired) electrons. The third-order valence-corrected chi connectivity index (χ3v) is 4.48. The second-order valence-corrected chi connectivity index (χ2v) is 6.21. The van der Waals surface area contributed by atoms with E-state index in [-0.39, 0.29) is 5.97 Å². The highest BCUT2D eigenvalue weighted by Crippen LogP contribution is 2.31. The standard InChI is InChI=1S/C18H23N3O3/c1-11-8-16(15(19)9-14(11)18(22)23-3)21-10-12(2)20-17(21)13-4-6-24-7-5-13/h8-10,13H,4-7,19H2,1-3H3. The number of hydrogen-bond donors (Lipinski definition) is 1. The molecule has 2 N–H and O–H groups in total. The van der Waals surface area contributed by atoms with E-state index in [1.54, 1.807) is 6.07 Å². The van der Waals surface area contributed by atoms with Crippen LogP contribution in [-0.4, -0.2) is 35.8 Å². The van der Waals surface area contributed by atoms with Crippen LogP contribution in [0.2, 0.25) is 0 Å². The van der Waals surface area contributed by atoms with Crippen molar-refractivity contribution in [3.05, 3.63) is 41.0 Å². The van der Waals surface area contributed by atoms with Gasteiger partial charge >= 0.3 is 5.97 Å². The van der Waals surface area contributed by atoms with Crippen molar-refractivity contribution in [2.24, 2.45) is 0 Å². The Morgan fingerprint density at radius 3 is 2.71 bits per heavy atom. The number of carbonyl (C=O) groups excluding carboxylic acids is 1. The number of nitrogen functional groups attached to an aromatic ring is 1. The lowest BCUT2D eigenvalue weighted by molar-refractivity contribution is 0.0600. The minimum atomic E-state index is -0.378. The number of benzene rings is 1. The van der Waals surface area contributed by atoms with Crippen molar-refractivity contribution >= 4 is 11.7 Å². The minimum absolute atomic E-state index is 0.354. The van der Waals surface area contributed by atoms with Gasteiger partial charge < -0.3 is 19.8 Å². The first-order valence-corrected chi connectivity index (χ1v) is 8.13. The van der Waals surface area contributed by atoms with Gasteiger partial charge in [0.1, 0.15) is 5.82 Å². The van der Waals surface area contributed by atoms with E-state index in [0.29, 0.717) is 17.2 Å². The summed E-state index contributed by atoms with van der Waals surface area (Å²) in [4.78, 5) is 16.6. The van der Waals surface area contributed by atoms with E-state index < -0.39 is 0 Å². The lowest BCUT2D eigenvalue weighted by Gasteiger charge is -2.23. The van der Waals surface area contributed by atoms with Gasteiger partial charge in [-0.1, -0.05) is 0 Å². The van der Waals surface area contributed by atoms with Gasteiger partial charge in [-0.25, -0.2) is 9.78 Å². The number of imidazole rings is 1. The van der Waals surface area contributed by atoms with Crippen LogP contribution in [-0.2, 0) is 9.47 Å². The van der Waals surface area contributed by atoms with Crippen molar-refractivity contribution in [1.82, 2.24) is 9.55 Å². The molecule has 0 bridgehead atoms. The first kappa shape index (κ1) is 16.5. The monoisotopic (exact) mass is 329 g/mol. The van der Waals surface area contributed by atoms with Crippen LogP contribution in [0.4, 0.5) is 5.69 Å². The van der Waals surface area contributed by atoms with Gasteiger partial charge in [0.15, 0.2) is 0 Å². The zero-order valence-corrected chi connectivity index (χ0v) is 14.3. The van der Waals surface area contributed by atoms with Crippen LogP contribution in [0, 0.1) is 13.8 Å². The van der Waals surface area contributed by atoms with E-state index in [1.807, 2.05) is 26.1 Å². The van der Waals surface area contributed by atoms with Crippen LogP contribution in [0.15, 0.2) is 18.3 Å². The number of ether oxygens (including phenoxy) is 2. The number of methoxy groups -OCH3 is 1. The highest BCUT2D eigenvalue weighted by Gasteiger charge is 2.23. The van der Waals surface area contributed by atoms with E-state index in [2.05, 4.69) is 4.57 Å². The number of aromatic nitrogens is 2. The summed E-state index contributed by atoms with van der Waals surface area (Å²) < 4.78 is 12.3. The average molecular weight is 329 g/mol. The number of hydrogen-bond acceptors (Lipinski definition) is 5. The predicted molar refractivity (Wildman–Crippen MR) is 91.6 cm³/mol. The molecule has 24 heavy (non-hydrogen) atoms. The zero-order chi connectivity index (χ0) is 17.3. The molecule has 2 heterocycles. The Hall–Kier alpha value is -2.34. The normalized spacial score (nSPS) is 15.5. The molecule has 2 aromatic rings. The van der Waals surface area contributed by atoms with Crippen molar-refractivity contribution in [2.45, 2.75) is 32.6 Å². The molecule has 1 aliphatic heterocycles. The number of nitrogens with zero attached hydrogens (tertiary/aromatic N) is 2. The second-order valence-electron chi connectivity index (χ2n) is 6.21. The smallest absolute Gasteiger partial charge is 0.338 e. The highest BCUT2D eigenvalue weighted by molar-refractivity contribution is 5.93. The first-order chi connectivity index (χ1) is 11.5. The number of esters is 1. The van der Waals surface area contributed by atoms with Crippen molar-refractivity contribution in [3.8, 4) is 5.69 Å². The van der Waals surface area contributed by atoms with Gasteiger partial charge in [-0.05, 0) is 44.4 Å². The topological polar surface area (TPSA) is 79.4 Å². The summed E-state index contributed by atoms with van der Waals surface area (Å²) in [6.07, 6.45) is 3.90. The Labute approximate surface area is 141 Å². The molecule has 128 valence electrons. The molecule has 0 unspecified atom stereocenters. The lowest BCUT2D eigenvalue weighted by Crippen LogP contribution is -2.18. The van der Waals surface area contributed by atoms with E-state index >= 15 is 0 Å². The molecular weight excluding hydrogens is 306 g/mol. The molecule has 1 aliphatic rings. The van der Waals surface area contributed by atoms with Crippen molar-refractivity contribution in [1.29, 1.82) is 0 Å². The lowest BCUT2D eigenvalue weighted by atomic mass is 9.99. The summed E-state index contributed by atoms with van der Waals surface area (Å²) in [5, 5.41) is 0. The van der Waals surface area contributed by atoms with Gasteiger partial charge in [-0.3, -0.25) is 0 Å². The van der Waals surface area contributed by atoms with Crippen LogP contribution < -0.4 is 5.73 Å². The summed E-state index contributed by atoms with van der Waals surface area (Å²) in [5.41, 5.74) is 9.89. The van der Waals surface area contributed by atoms with Crippen LogP contribution >= 0.6 is 0 Å². The quantitative estimate of drug-likeness (QED) is 0.692. The number of nitrogens with two attached hydrogens (primary N) is 1. The Morgan fingerprint density at radius 1 is 1.33 bits per heavy atom. The molecule has 1 aromatic carbocycles. The van der Waals surface area contributed by atoms with Crippen molar-refractivity contribution in [2.75, 3.05) is 26.1 Å². The average Bonchev–Trinajstić information content (AvgIpc) is 2.98. The molecule has 0 amide bonds. The first-order valence-electron chi connectivity index (χ1n) is 8.13. The Kier molecular flexibility index (Phi) is 4.57. The van der Waals surface area contributed by atoms with E-state index in [0.717, 1.165) is 48.8 Å². The summed E-state index contributed by atoms with van der Waals surface area (Å²) in [6.45, 7) is 5.37. The van der Waals surface area contributed by atoms with E-state index in [1.165, 1.54) is 7.11 Å². The van der Waals surface area contributed by atoms with Crippen LogP contribution in [0.3, 0.4) is 0 Å². The second kappa shape index (κ2) is 6.65. The van der Waals surface area contributed by atoms with Crippen molar-refractivity contribution in [3.63, 3.8) is 0 Å². The Morgan fingerprint density at radius 2 is 2.04 bits per heavy atom. The molecule has 0 saturated carbocycles. The molecule has 0 aliphatic carbocycles. The van der Waals surface area contributed by atoms with Gasteiger partial charge in [0.05, 0.1) is 29.7 Å². The summed E-state index contributed by atoms with van der Waals surface area (Å²) in [7, 11) is 1.37. The van der Waals surface area contributed by atoms with Gasteiger partial charge in [0.2, 0.25) is 0 Å². The third kappa shape index (κ3) is 3.01. The number of anilines is 1. The van der Waals surface area contributed by atoms with Crippen molar-refractivity contribution < 1.29 is 14.3 Å². The molecule has 3 rings (SSSR count). The molecule has 0 spiro atoms.